The van der Waals surface area contributed by atoms with Crippen LogP contribution in [-0.4, -0.2) is 18.6 Å². The summed E-state index contributed by atoms with van der Waals surface area (Å²) in [6.45, 7) is 5.45. The Balaban J connectivity index is 3.19. The molecule has 0 spiro atoms. The summed E-state index contributed by atoms with van der Waals surface area (Å²) in [6, 6.07) is 0. The van der Waals surface area contributed by atoms with Crippen LogP contribution in [0.1, 0.15) is 110 Å². The highest BCUT2D eigenvalue weighted by Crippen LogP contribution is 2.13. The Morgan fingerprint density at radius 2 is 1.20 bits per heavy atom. The summed E-state index contributed by atoms with van der Waals surface area (Å²) < 4.78 is 0. The van der Waals surface area contributed by atoms with Crippen molar-refractivity contribution in [3.63, 3.8) is 0 Å². The second kappa shape index (κ2) is 18.9. The summed E-state index contributed by atoms with van der Waals surface area (Å²) in [5, 5.41) is 3.35. The topological polar surface area (TPSA) is 77.0 Å². The molecule has 0 saturated heterocycles. The minimum atomic E-state index is -0.360. The largest absolute Gasteiger partial charge is 0.365 e. The van der Waals surface area contributed by atoms with E-state index >= 15 is 0 Å². The van der Waals surface area contributed by atoms with Crippen LogP contribution in [0.15, 0.2) is 10.1 Å². The van der Waals surface area contributed by atoms with Crippen molar-refractivity contribution in [1.29, 1.82) is 0 Å². The molecule has 5 nitrogen and oxygen atoms in total. The summed E-state index contributed by atoms with van der Waals surface area (Å²) in [5.41, 5.74) is 5.25. The first-order valence-corrected chi connectivity index (χ1v) is 10.2. The minimum Gasteiger partial charge on any atom is -0.365 e. The first kappa shape index (κ1) is 23.6. The van der Waals surface area contributed by atoms with Crippen molar-refractivity contribution in [2.45, 2.75) is 110 Å². The van der Waals surface area contributed by atoms with Crippen LogP contribution < -0.4 is 5.73 Å². The number of guanidine groups is 1. The maximum Gasteiger partial charge on any atom is 0.335 e. The van der Waals surface area contributed by atoms with E-state index in [1.54, 1.807) is 0 Å². The van der Waals surface area contributed by atoms with E-state index in [0.717, 1.165) is 12.8 Å². The number of carbonyl (C=O) groups excluding carboxylic acids is 1. The number of nitrogens with two attached hydrogens (primary N) is 1. The molecule has 0 aromatic rings. The summed E-state index contributed by atoms with van der Waals surface area (Å²) >= 11 is 0. The molecule has 0 aromatic carbocycles. The SMILES string of the molecule is C=N/C(N)=N/OC(=O)CCCCCCCCCCCCCCCCC. The Morgan fingerprint density at radius 1 is 0.800 bits per heavy atom. The van der Waals surface area contributed by atoms with Gasteiger partial charge in [-0.2, -0.15) is 0 Å². The highest BCUT2D eigenvalue weighted by molar-refractivity contribution is 5.82. The first-order chi connectivity index (χ1) is 12.2. The zero-order valence-electron chi connectivity index (χ0n) is 16.3. The van der Waals surface area contributed by atoms with Crippen molar-refractivity contribution < 1.29 is 9.63 Å². The molecule has 0 fully saturated rings. The second-order valence-electron chi connectivity index (χ2n) is 6.77. The molecular weight excluding hydrogens is 314 g/mol. The predicted molar refractivity (Wildman–Crippen MR) is 107 cm³/mol. The minimum absolute atomic E-state index is 0.121. The van der Waals surface area contributed by atoms with Crippen molar-refractivity contribution in [3.8, 4) is 0 Å². The lowest BCUT2D eigenvalue weighted by molar-refractivity contribution is -0.143. The van der Waals surface area contributed by atoms with Gasteiger partial charge in [-0.3, -0.25) is 0 Å². The van der Waals surface area contributed by atoms with Crippen molar-refractivity contribution in [2.75, 3.05) is 0 Å². The average Bonchev–Trinajstić information content (AvgIpc) is 2.62. The summed E-state index contributed by atoms with van der Waals surface area (Å²) in [7, 11) is 0. The van der Waals surface area contributed by atoms with Gasteiger partial charge in [0.15, 0.2) is 0 Å². The number of carbonyl (C=O) groups is 1. The standard InChI is InChI=1S/C20H39N3O2/c1-3-4-5-6-7-8-9-10-11-12-13-14-15-16-17-18-19(24)25-23-20(21)22-2/h2-18H2,1H3,(H2,21,23). The van der Waals surface area contributed by atoms with Gasteiger partial charge in [-0.05, 0) is 18.3 Å². The molecule has 146 valence electrons. The maximum atomic E-state index is 11.4. The molecule has 5 heteroatoms. The predicted octanol–water partition coefficient (Wildman–Crippen LogP) is 5.72. The van der Waals surface area contributed by atoms with Crippen LogP contribution in [0, 0.1) is 0 Å². The van der Waals surface area contributed by atoms with Gasteiger partial charge in [-0.25, -0.2) is 9.79 Å². The third-order valence-corrected chi connectivity index (χ3v) is 4.39. The third kappa shape index (κ3) is 18.8. The maximum absolute atomic E-state index is 11.4. The Morgan fingerprint density at radius 3 is 1.60 bits per heavy atom. The fraction of sp³-hybridized carbons (Fsp3) is 0.850. The lowest BCUT2D eigenvalue weighted by Gasteiger charge is -2.03. The van der Waals surface area contributed by atoms with E-state index in [0.29, 0.717) is 6.42 Å². The van der Waals surface area contributed by atoms with Gasteiger partial charge < -0.3 is 10.6 Å². The number of aliphatic imine (C=N–C) groups is 1. The molecule has 0 bridgehead atoms. The monoisotopic (exact) mass is 353 g/mol. The molecule has 25 heavy (non-hydrogen) atoms. The fourth-order valence-electron chi connectivity index (χ4n) is 2.81. The molecule has 2 N–H and O–H groups in total. The van der Waals surface area contributed by atoms with Crippen molar-refractivity contribution >= 4 is 18.6 Å². The fourth-order valence-corrected chi connectivity index (χ4v) is 2.81. The van der Waals surface area contributed by atoms with E-state index in [2.05, 4.69) is 28.6 Å². The van der Waals surface area contributed by atoms with Gasteiger partial charge in [-0.15, -0.1) is 0 Å². The normalized spacial score (nSPS) is 11.5. The van der Waals surface area contributed by atoms with Crippen molar-refractivity contribution in [3.05, 3.63) is 0 Å². The van der Waals surface area contributed by atoms with Gasteiger partial charge in [0.05, 0.1) is 0 Å². The zero-order chi connectivity index (χ0) is 18.6. The van der Waals surface area contributed by atoms with Gasteiger partial charge in [0.2, 0.25) is 0 Å². The summed E-state index contributed by atoms with van der Waals surface area (Å²) in [4.78, 5) is 19.3. The van der Waals surface area contributed by atoms with E-state index in [9.17, 15) is 4.79 Å². The Kier molecular flexibility index (Phi) is 17.9. The van der Waals surface area contributed by atoms with Crippen LogP contribution in [0.5, 0.6) is 0 Å². The molecule has 0 atom stereocenters. The number of oxime groups is 1. The van der Waals surface area contributed by atoms with E-state index in [-0.39, 0.29) is 11.9 Å². The van der Waals surface area contributed by atoms with E-state index in [1.165, 1.54) is 83.5 Å². The van der Waals surface area contributed by atoms with Crippen LogP contribution in [-0.2, 0) is 9.63 Å². The summed E-state index contributed by atoms with van der Waals surface area (Å²) in [6.07, 6.45) is 20.0. The highest BCUT2D eigenvalue weighted by atomic mass is 16.7. The number of nitrogens with zero attached hydrogens (tertiary/aromatic N) is 2. The Labute approximate surface area is 154 Å². The molecule has 0 aromatic heterocycles. The second-order valence-corrected chi connectivity index (χ2v) is 6.77. The Hall–Kier alpha value is -1.39. The van der Waals surface area contributed by atoms with E-state index in [1.807, 2.05) is 0 Å². The summed E-state index contributed by atoms with van der Waals surface area (Å²) in [5.74, 6) is -0.480. The van der Waals surface area contributed by atoms with Crippen LogP contribution in [0.2, 0.25) is 0 Å². The van der Waals surface area contributed by atoms with Crippen LogP contribution in [0.25, 0.3) is 0 Å². The molecule has 0 rings (SSSR count). The average molecular weight is 354 g/mol. The highest BCUT2D eigenvalue weighted by Gasteiger charge is 2.02. The lowest BCUT2D eigenvalue weighted by atomic mass is 10.0. The molecule has 0 aliphatic rings. The van der Waals surface area contributed by atoms with Gasteiger partial charge in [0, 0.05) is 6.42 Å². The molecular formula is C20H39N3O2. The van der Waals surface area contributed by atoms with Gasteiger partial charge in [0.1, 0.15) is 0 Å². The smallest absolute Gasteiger partial charge is 0.335 e. The van der Waals surface area contributed by atoms with Gasteiger partial charge >= 0.3 is 5.97 Å². The molecule has 0 aliphatic carbocycles. The Bertz CT molecular complexity index is 357. The number of hydrogen-bond donors (Lipinski definition) is 1. The molecule has 0 saturated carbocycles. The third-order valence-electron chi connectivity index (χ3n) is 4.39. The van der Waals surface area contributed by atoms with Crippen molar-refractivity contribution in [1.82, 2.24) is 0 Å². The molecule has 0 aliphatic heterocycles. The lowest BCUT2D eigenvalue weighted by Crippen LogP contribution is -2.10. The van der Waals surface area contributed by atoms with Crippen LogP contribution in [0.4, 0.5) is 0 Å². The first-order valence-electron chi connectivity index (χ1n) is 10.2. The van der Waals surface area contributed by atoms with E-state index < -0.39 is 0 Å². The molecule has 0 radical (unpaired) electrons. The molecule has 0 unspecified atom stereocenters. The van der Waals surface area contributed by atoms with Gasteiger partial charge in [-0.1, -0.05) is 96.8 Å². The zero-order valence-corrected chi connectivity index (χ0v) is 16.3. The van der Waals surface area contributed by atoms with E-state index in [4.69, 9.17) is 5.73 Å². The quantitative estimate of drug-likeness (QED) is 0.119. The van der Waals surface area contributed by atoms with Crippen molar-refractivity contribution in [2.24, 2.45) is 15.9 Å². The number of rotatable bonds is 17. The molecule has 0 heterocycles. The molecule has 0 amide bonds. The number of unbranched alkanes of at least 4 members (excludes halogenated alkanes) is 14. The number of hydrogen-bond acceptors (Lipinski definition) is 3. The van der Waals surface area contributed by atoms with Crippen LogP contribution >= 0.6 is 0 Å². The van der Waals surface area contributed by atoms with Crippen LogP contribution in [0.3, 0.4) is 0 Å². The van der Waals surface area contributed by atoms with Gasteiger partial charge in [0.25, 0.3) is 5.96 Å².